The number of H-pyrrole nitrogens is 1. The lowest BCUT2D eigenvalue weighted by atomic mass is 10.0. The van der Waals surface area contributed by atoms with Crippen molar-refractivity contribution in [2.45, 2.75) is 13.5 Å². The maximum atomic E-state index is 12.8. The smallest absolute Gasteiger partial charge is 0.312 e. The fraction of sp³-hybridized carbons (Fsp3) is 0.150. The lowest BCUT2D eigenvalue weighted by molar-refractivity contribution is -0.659. The number of aliphatic imine (C=N–C) groups is 1. The molecule has 140 valence electrons. The van der Waals surface area contributed by atoms with Crippen LogP contribution in [0.2, 0.25) is 0 Å². The summed E-state index contributed by atoms with van der Waals surface area (Å²) in [4.78, 5) is 35.6. The Morgan fingerprint density at radius 1 is 1.25 bits per heavy atom. The molecule has 0 atom stereocenters. The van der Waals surface area contributed by atoms with Crippen LogP contribution in [0.25, 0.3) is 21.9 Å². The summed E-state index contributed by atoms with van der Waals surface area (Å²) in [6.45, 7) is 1.28. The first-order chi connectivity index (χ1) is 13.4. The van der Waals surface area contributed by atoms with Gasteiger partial charge >= 0.3 is 11.6 Å². The van der Waals surface area contributed by atoms with Crippen molar-refractivity contribution in [2.24, 2.45) is 12.0 Å². The van der Waals surface area contributed by atoms with Crippen molar-refractivity contribution in [3.8, 4) is 0 Å². The second-order valence-corrected chi connectivity index (χ2v) is 6.53. The van der Waals surface area contributed by atoms with E-state index in [1.54, 1.807) is 28.6 Å². The number of aryl methyl sites for hydroxylation is 1. The van der Waals surface area contributed by atoms with Gasteiger partial charge in [0.15, 0.2) is 12.1 Å². The first-order valence-electron chi connectivity index (χ1n) is 8.65. The van der Waals surface area contributed by atoms with Crippen molar-refractivity contribution in [3.63, 3.8) is 0 Å². The highest BCUT2D eigenvalue weighted by molar-refractivity contribution is 5.99. The predicted octanol–water partition coefficient (Wildman–Crippen LogP) is 0.995. The summed E-state index contributed by atoms with van der Waals surface area (Å²) in [5.74, 6) is -0.671. The van der Waals surface area contributed by atoms with E-state index in [0.717, 1.165) is 10.8 Å². The molecule has 0 amide bonds. The van der Waals surface area contributed by atoms with Gasteiger partial charge in [0, 0.05) is 5.56 Å². The first-order valence-corrected chi connectivity index (χ1v) is 8.65. The zero-order chi connectivity index (χ0) is 19.8. The van der Waals surface area contributed by atoms with Crippen LogP contribution in [0.3, 0.4) is 0 Å². The van der Waals surface area contributed by atoms with Gasteiger partial charge in [-0.2, -0.15) is 0 Å². The highest BCUT2D eigenvalue weighted by Gasteiger charge is 2.22. The van der Waals surface area contributed by atoms with Gasteiger partial charge in [0.05, 0.1) is 7.05 Å². The molecule has 0 fully saturated rings. The second-order valence-electron chi connectivity index (χ2n) is 6.53. The number of hydrogen-bond donors (Lipinski definition) is 1. The van der Waals surface area contributed by atoms with E-state index in [1.165, 1.54) is 6.92 Å². The standard InChI is InChI=1S/C20H17N5O3/c1-12(26)21-20-22-18-17(19(28)23-20)24(2)11-25(18)10-16(27)15-8-7-13-5-3-4-6-14(13)9-15/h3-9,11H,10H2,1-2H3,(H-,21,22,23,26,28). The predicted molar refractivity (Wildman–Crippen MR) is 103 cm³/mol. The molecular weight excluding hydrogens is 358 g/mol. The van der Waals surface area contributed by atoms with Gasteiger partial charge in [0.2, 0.25) is 5.52 Å². The molecule has 0 aliphatic heterocycles. The number of fused-ring (bicyclic) bond motifs is 2. The lowest BCUT2D eigenvalue weighted by Gasteiger charge is -2.03. The molecule has 1 N–H and O–H groups in total. The van der Waals surface area contributed by atoms with Crippen LogP contribution in [0.1, 0.15) is 17.3 Å². The van der Waals surface area contributed by atoms with Crippen molar-refractivity contribution >= 4 is 39.6 Å². The van der Waals surface area contributed by atoms with Gasteiger partial charge in [0.1, 0.15) is 6.54 Å². The van der Waals surface area contributed by atoms with E-state index in [4.69, 9.17) is 0 Å². The Morgan fingerprint density at radius 2 is 2.00 bits per heavy atom. The van der Waals surface area contributed by atoms with Crippen molar-refractivity contribution in [3.05, 3.63) is 64.7 Å². The van der Waals surface area contributed by atoms with E-state index in [9.17, 15) is 14.7 Å². The number of ketones is 1. The molecule has 0 saturated carbocycles. The van der Waals surface area contributed by atoms with E-state index >= 15 is 0 Å². The number of rotatable bonds is 4. The molecule has 0 unspecified atom stereocenters. The third kappa shape index (κ3) is 3.16. The number of aromatic amines is 1. The summed E-state index contributed by atoms with van der Waals surface area (Å²) < 4.78 is 3.17. The van der Waals surface area contributed by atoms with E-state index < -0.39 is 11.5 Å². The number of hydrogen-bond acceptors (Lipinski definition) is 5. The molecule has 2 aromatic heterocycles. The Bertz CT molecular complexity index is 1310. The number of nitrogens with one attached hydrogen (secondary N) is 1. The van der Waals surface area contributed by atoms with Crippen LogP contribution in [0.15, 0.2) is 58.6 Å². The molecule has 4 rings (SSSR count). The van der Waals surface area contributed by atoms with Gasteiger partial charge in [-0.1, -0.05) is 41.4 Å². The summed E-state index contributed by atoms with van der Waals surface area (Å²) in [6, 6.07) is 13.3. The number of nitrogens with zero attached hydrogens (tertiary/aromatic N) is 4. The minimum atomic E-state index is -0.475. The molecule has 4 aromatic rings. The molecule has 0 radical (unpaired) electrons. The molecule has 2 aromatic carbocycles. The third-order valence-electron chi connectivity index (χ3n) is 4.45. The molecule has 0 bridgehead atoms. The van der Waals surface area contributed by atoms with Gasteiger partial charge < -0.3 is 5.11 Å². The summed E-state index contributed by atoms with van der Waals surface area (Å²) in [5, 5.41) is 13.3. The molecule has 8 heteroatoms. The van der Waals surface area contributed by atoms with E-state index in [1.807, 2.05) is 36.4 Å². The van der Waals surface area contributed by atoms with Crippen molar-refractivity contribution in [1.82, 2.24) is 14.5 Å². The van der Waals surface area contributed by atoms with Gasteiger partial charge in [-0.3, -0.25) is 19.1 Å². The quantitative estimate of drug-likeness (QED) is 0.248. The van der Waals surface area contributed by atoms with Crippen LogP contribution < -0.4 is 15.2 Å². The first kappa shape index (κ1) is 17.6. The number of imidazole rings is 1. The Morgan fingerprint density at radius 3 is 2.75 bits per heavy atom. The molecule has 0 aliphatic rings. The van der Waals surface area contributed by atoms with Gasteiger partial charge in [-0.15, -0.1) is 0 Å². The summed E-state index contributed by atoms with van der Waals surface area (Å²) in [5.41, 5.74) is 0.736. The van der Waals surface area contributed by atoms with Gasteiger partial charge in [-0.05, 0) is 29.7 Å². The summed E-state index contributed by atoms with van der Waals surface area (Å²) >= 11 is 0. The Labute approximate surface area is 159 Å². The number of Topliss-reactive ketones (excluding diaryl/α,β-unsaturated/α-hetero) is 1. The van der Waals surface area contributed by atoms with Crippen LogP contribution in [0.5, 0.6) is 0 Å². The Hall–Kier alpha value is -3.81. The van der Waals surface area contributed by atoms with Crippen LogP contribution in [-0.2, 0) is 13.6 Å². The highest BCUT2D eigenvalue weighted by atomic mass is 16.3. The number of benzene rings is 2. The number of carbonyl (C=O) groups is 1. The topological polar surface area (TPSA) is 107 Å². The fourth-order valence-corrected chi connectivity index (χ4v) is 3.21. The van der Waals surface area contributed by atoms with Gasteiger partial charge in [-0.25, -0.2) is 9.56 Å². The van der Waals surface area contributed by atoms with Crippen molar-refractivity contribution < 1.29 is 14.5 Å². The molecule has 0 saturated heterocycles. The molecule has 28 heavy (non-hydrogen) atoms. The Kier molecular flexibility index (Phi) is 4.23. The average molecular weight is 375 g/mol. The number of carbonyl (C=O) groups excluding carboxylic acids is 1. The minimum absolute atomic E-state index is 0.00560. The van der Waals surface area contributed by atoms with E-state index in [2.05, 4.69) is 15.0 Å². The Balaban J connectivity index is 1.76. The number of aromatic nitrogens is 4. The van der Waals surface area contributed by atoms with Gasteiger partial charge in [0.25, 0.3) is 5.56 Å². The molecule has 0 aliphatic carbocycles. The normalized spacial score (nSPS) is 12.0. The summed E-state index contributed by atoms with van der Waals surface area (Å²) in [7, 11) is 1.69. The minimum Gasteiger partial charge on any atom is -0.862 e. The largest absolute Gasteiger partial charge is 0.862 e. The fourth-order valence-electron chi connectivity index (χ4n) is 3.21. The maximum absolute atomic E-state index is 12.8. The monoisotopic (exact) mass is 375 g/mol. The highest BCUT2D eigenvalue weighted by Crippen LogP contribution is 2.16. The zero-order valence-electron chi connectivity index (χ0n) is 15.3. The maximum Gasteiger partial charge on any atom is 0.312 e. The average Bonchev–Trinajstić information content (AvgIpc) is 2.96. The van der Waals surface area contributed by atoms with Crippen molar-refractivity contribution in [2.75, 3.05) is 0 Å². The van der Waals surface area contributed by atoms with E-state index in [0.29, 0.717) is 16.7 Å². The summed E-state index contributed by atoms with van der Waals surface area (Å²) in [6.07, 6.45) is 1.63. The molecule has 0 spiro atoms. The lowest BCUT2D eigenvalue weighted by Crippen LogP contribution is -2.37. The van der Waals surface area contributed by atoms with Crippen LogP contribution in [0.4, 0.5) is 5.95 Å². The molecule has 8 nitrogen and oxygen atoms in total. The van der Waals surface area contributed by atoms with E-state index in [-0.39, 0.29) is 18.3 Å². The van der Waals surface area contributed by atoms with Crippen molar-refractivity contribution in [1.29, 1.82) is 0 Å². The second kappa shape index (κ2) is 6.73. The van der Waals surface area contributed by atoms with Crippen LogP contribution in [-0.4, -0.2) is 26.2 Å². The van der Waals surface area contributed by atoms with Crippen LogP contribution >= 0.6 is 0 Å². The third-order valence-corrected chi connectivity index (χ3v) is 4.45. The molecule has 2 heterocycles. The molecular formula is C20H17N5O3. The van der Waals surface area contributed by atoms with Crippen LogP contribution in [0, 0.1) is 0 Å². The SMILES string of the molecule is C/C([O-])=N/c1nc2c(c(=O)[nH]1)n(C)c[n+]2CC(=O)c1ccc2ccccc2c1. The zero-order valence-corrected chi connectivity index (χ0v) is 15.3.